The van der Waals surface area contributed by atoms with Gasteiger partial charge in [-0.25, -0.2) is 4.98 Å². The van der Waals surface area contributed by atoms with Crippen LogP contribution in [0, 0.1) is 5.92 Å². The highest BCUT2D eigenvalue weighted by atomic mass is 16.5. The van der Waals surface area contributed by atoms with Crippen LogP contribution in [0.15, 0.2) is 42.6 Å². The Kier molecular flexibility index (Phi) is 5.53. The molecule has 1 aromatic carbocycles. The van der Waals surface area contributed by atoms with Crippen molar-refractivity contribution in [1.29, 1.82) is 0 Å². The minimum atomic E-state index is 0.742. The monoisotopic (exact) mass is 378 g/mol. The van der Waals surface area contributed by atoms with E-state index in [-0.39, 0.29) is 0 Å². The van der Waals surface area contributed by atoms with Gasteiger partial charge >= 0.3 is 0 Å². The number of benzene rings is 1. The summed E-state index contributed by atoms with van der Waals surface area (Å²) < 4.78 is 7.89. The maximum absolute atomic E-state index is 6.08. The van der Waals surface area contributed by atoms with Crippen molar-refractivity contribution < 1.29 is 4.74 Å². The van der Waals surface area contributed by atoms with Crippen LogP contribution >= 0.6 is 0 Å². The SMILES string of the molecule is CCCOc1ccc(-c2nc3ccc(N)cn3c2CN2CCC(C)CC2)cc1. The van der Waals surface area contributed by atoms with Gasteiger partial charge < -0.3 is 14.9 Å². The highest BCUT2D eigenvalue weighted by Crippen LogP contribution is 2.29. The summed E-state index contributed by atoms with van der Waals surface area (Å²) in [5.41, 5.74) is 11.1. The highest BCUT2D eigenvalue weighted by Gasteiger charge is 2.21. The summed E-state index contributed by atoms with van der Waals surface area (Å²) in [4.78, 5) is 7.47. The molecule has 0 radical (unpaired) electrons. The molecule has 28 heavy (non-hydrogen) atoms. The van der Waals surface area contributed by atoms with E-state index in [0.29, 0.717) is 0 Å². The van der Waals surface area contributed by atoms with Crippen molar-refractivity contribution in [3.63, 3.8) is 0 Å². The van der Waals surface area contributed by atoms with Crippen LogP contribution in [0.2, 0.25) is 0 Å². The first kappa shape index (κ1) is 18.8. The van der Waals surface area contributed by atoms with Gasteiger partial charge in [0.25, 0.3) is 0 Å². The van der Waals surface area contributed by atoms with Crippen molar-refractivity contribution in [2.45, 2.75) is 39.7 Å². The van der Waals surface area contributed by atoms with E-state index in [0.717, 1.165) is 66.9 Å². The molecule has 1 aliphatic rings. The number of pyridine rings is 1. The van der Waals surface area contributed by atoms with E-state index in [1.807, 2.05) is 30.5 Å². The fraction of sp³-hybridized carbons (Fsp3) is 0.435. The van der Waals surface area contributed by atoms with Crippen molar-refractivity contribution in [3.8, 4) is 17.0 Å². The Morgan fingerprint density at radius 2 is 1.86 bits per heavy atom. The second-order valence-electron chi connectivity index (χ2n) is 7.93. The molecule has 3 heterocycles. The van der Waals surface area contributed by atoms with Crippen LogP contribution in [-0.4, -0.2) is 34.0 Å². The molecule has 5 nitrogen and oxygen atoms in total. The van der Waals surface area contributed by atoms with Crippen LogP contribution in [-0.2, 0) is 6.54 Å². The lowest BCUT2D eigenvalue weighted by Crippen LogP contribution is -2.32. The highest BCUT2D eigenvalue weighted by molar-refractivity contribution is 5.68. The molecule has 2 N–H and O–H groups in total. The Hall–Kier alpha value is -2.53. The van der Waals surface area contributed by atoms with Crippen molar-refractivity contribution in [2.24, 2.45) is 5.92 Å². The molecule has 0 aliphatic carbocycles. The average molecular weight is 379 g/mol. The van der Waals surface area contributed by atoms with Crippen LogP contribution in [0.4, 0.5) is 5.69 Å². The molecule has 0 unspecified atom stereocenters. The van der Waals surface area contributed by atoms with Gasteiger partial charge in [-0.3, -0.25) is 4.90 Å². The second-order valence-corrected chi connectivity index (χ2v) is 7.93. The van der Waals surface area contributed by atoms with E-state index in [9.17, 15) is 0 Å². The number of piperidine rings is 1. The number of fused-ring (bicyclic) bond motifs is 1. The molecule has 5 heteroatoms. The van der Waals surface area contributed by atoms with Crippen molar-refractivity contribution in [2.75, 3.05) is 25.4 Å². The summed E-state index contributed by atoms with van der Waals surface area (Å²) in [6.07, 6.45) is 5.52. The van der Waals surface area contributed by atoms with Gasteiger partial charge in [0.2, 0.25) is 0 Å². The number of hydrogen-bond acceptors (Lipinski definition) is 4. The van der Waals surface area contributed by atoms with Crippen LogP contribution in [0.25, 0.3) is 16.9 Å². The zero-order chi connectivity index (χ0) is 19.5. The van der Waals surface area contributed by atoms with E-state index < -0.39 is 0 Å². The smallest absolute Gasteiger partial charge is 0.137 e. The number of aromatic nitrogens is 2. The lowest BCUT2D eigenvalue weighted by atomic mass is 9.99. The van der Waals surface area contributed by atoms with Gasteiger partial charge in [-0.2, -0.15) is 0 Å². The van der Waals surface area contributed by atoms with Gasteiger partial charge in [0, 0.05) is 24.0 Å². The third-order valence-corrected chi connectivity index (χ3v) is 5.59. The number of hydrogen-bond donors (Lipinski definition) is 1. The molecule has 1 fully saturated rings. The summed E-state index contributed by atoms with van der Waals surface area (Å²) in [5, 5.41) is 0. The third kappa shape index (κ3) is 3.99. The first-order chi connectivity index (χ1) is 13.6. The van der Waals surface area contributed by atoms with Crippen molar-refractivity contribution in [3.05, 3.63) is 48.3 Å². The number of ether oxygens (including phenoxy) is 1. The Labute approximate surface area is 167 Å². The molecule has 0 spiro atoms. The predicted molar refractivity (Wildman–Crippen MR) is 115 cm³/mol. The Bertz CT molecular complexity index is 924. The number of nitrogen functional groups attached to an aromatic ring is 1. The molecule has 4 rings (SSSR count). The van der Waals surface area contributed by atoms with E-state index >= 15 is 0 Å². The van der Waals surface area contributed by atoms with Gasteiger partial charge in [0.15, 0.2) is 0 Å². The minimum absolute atomic E-state index is 0.742. The minimum Gasteiger partial charge on any atom is -0.494 e. The molecule has 0 amide bonds. The maximum atomic E-state index is 6.08. The van der Waals surface area contributed by atoms with E-state index in [1.165, 1.54) is 18.5 Å². The molecule has 0 saturated carbocycles. The zero-order valence-corrected chi connectivity index (χ0v) is 16.9. The Balaban J connectivity index is 1.68. The third-order valence-electron chi connectivity index (χ3n) is 5.59. The standard InChI is InChI=1S/C23H30N4O/c1-3-14-28-20-7-4-18(5-8-20)23-21(16-26-12-10-17(2)11-13-26)27-15-19(24)6-9-22(27)25-23/h4-9,15,17H,3,10-14,16,24H2,1-2H3. The lowest BCUT2D eigenvalue weighted by Gasteiger charge is -2.30. The van der Waals surface area contributed by atoms with E-state index in [1.54, 1.807) is 0 Å². The quantitative estimate of drug-likeness (QED) is 0.681. The maximum Gasteiger partial charge on any atom is 0.137 e. The van der Waals surface area contributed by atoms with Gasteiger partial charge in [-0.15, -0.1) is 0 Å². The topological polar surface area (TPSA) is 55.8 Å². The summed E-state index contributed by atoms with van der Waals surface area (Å²) in [7, 11) is 0. The van der Waals surface area contributed by atoms with Crippen molar-refractivity contribution >= 4 is 11.3 Å². The number of nitrogens with two attached hydrogens (primary N) is 1. The van der Waals surface area contributed by atoms with Crippen LogP contribution in [0.1, 0.15) is 38.8 Å². The predicted octanol–water partition coefficient (Wildman–Crippen LogP) is 4.60. The van der Waals surface area contributed by atoms with Gasteiger partial charge in [0.05, 0.1) is 18.0 Å². The number of imidazole rings is 1. The van der Waals surface area contributed by atoms with Crippen LogP contribution < -0.4 is 10.5 Å². The van der Waals surface area contributed by atoms with E-state index in [4.69, 9.17) is 15.5 Å². The summed E-state index contributed by atoms with van der Waals surface area (Å²) in [6.45, 7) is 8.37. The number of likely N-dealkylation sites (tertiary alicyclic amines) is 1. The average Bonchev–Trinajstić information content (AvgIpc) is 3.06. The number of anilines is 1. The summed E-state index contributed by atoms with van der Waals surface area (Å²) >= 11 is 0. The van der Waals surface area contributed by atoms with Gasteiger partial charge in [-0.05, 0) is 74.7 Å². The Morgan fingerprint density at radius 1 is 1.11 bits per heavy atom. The molecule has 1 saturated heterocycles. The van der Waals surface area contributed by atoms with Crippen LogP contribution in [0.5, 0.6) is 5.75 Å². The fourth-order valence-electron chi connectivity index (χ4n) is 3.85. The molecule has 1 aliphatic heterocycles. The van der Waals surface area contributed by atoms with Crippen LogP contribution in [0.3, 0.4) is 0 Å². The van der Waals surface area contributed by atoms with E-state index in [2.05, 4.69) is 35.3 Å². The summed E-state index contributed by atoms with van der Waals surface area (Å²) in [5.74, 6) is 1.73. The molecular formula is C23H30N4O. The molecule has 2 aromatic heterocycles. The molecule has 0 bridgehead atoms. The Morgan fingerprint density at radius 3 is 2.57 bits per heavy atom. The first-order valence-corrected chi connectivity index (χ1v) is 10.4. The molecule has 148 valence electrons. The molecule has 0 atom stereocenters. The largest absolute Gasteiger partial charge is 0.494 e. The normalized spacial score (nSPS) is 15.9. The lowest BCUT2D eigenvalue weighted by molar-refractivity contribution is 0.183. The first-order valence-electron chi connectivity index (χ1n) is 10.4. The van der Waals surface area contributed by atoms with Crippen molar-refractivity contribution in [1.82, 2.24) is 14.3 Å². The summed E-state index contributed by atoms with van der Waals surface area (Å²) in [6, 6.07) is 12.2. The zero-order valence-electron chi connectivity index (χ0n) is 16.9. The van der Waals surface area contributed by atoms with Gasteiger partial charge in [0.1, 0.15) is 11.4 Å². The number of rotatable bonds is 6. The van der Waals surface area contributed by atoms with Gasteiger partial charge in [-0.1, -0.05) is 13.8 Å². The number of nitrogens with zero attached hydrogens (tertiary/aromatic N) is 3. The fourth-order valence-corrected chi connectivity index (χ4v) is 3.85. The molecule has 3 aromatic rings. The second kappa shape index (κ2) is 8.23. The molecular weight excluding hydrogens is 348 g/mol.